The molecule has 4 fully saturated rings. The van der Waals surface area contributed by atoms with E-state index in [1.807, 2.05) is 0 Å². The zero-order valence-electron chi connectivity index (χ0n) is 14.7. The molecule has 0 aromatic heterocycles. The minimum absolute atomic E-state index is 0.00711. The minimum Gasteiger partial charge on any atom is -0.332 e. The molecule has 4 bridgehead atoms. The zero-order valence-corrected chi connectivity index (χ0v) is 14.7. The number of nitrogens with zero attached hydrogens (tertiary/aromatic N) is 1. The Hall–Kier alpha value is -2.44. The van der Waals surface area contributed by atoms with Crippen LogP contribution in [0.15, 0.2) is 24.3 Å². The van der Waals surface area contributed by atoms with Crippen molar-refractivity contribution in [3.8, 4) is 0 Å². The highest BCUT2D eigenvalue weighted by Crippen LogP contribution is 2.58. The maximum atomic E-state index is 12.5. The molecule has 1 aromatic carbocycles. The van der Waals surface area contributed by atoms with Gasteiger partial charge in [-0.25, -0.2) is 4.79 Å². The van der Waals surface area contributed by atoms with Crippen molar-refractivity contribution < 1.29 is 14.5 Å². The fourth-order valence-electron chi connectivity index (χ4n) is 5.91. The smallest absolute Gasteiger partial charge is 0.319 e. The van der Waals surface area contributed by atoms with Crippen LogP contribution in [0.3, 0.4) is 0 Å². The summed E-state index contributed by atoms with van der Waals surface area (Å²) in [5.41, 5.74) is 0.305. The Morgan fingerprint density at radius 1 is 1.12 bits per heavy atom. The van der Waals surface area contributed by atoms with Crippen molar-refractivity contribution in [1.82, 2.24) is 5.32 Å². The highest BCUT2D eigenvalue weighted by atomic mass is 16.6. The molecule has 2 N–H and O–H groups in total. The van der Waals surface area contributed by atoms with Crippen molar-refractivity contribution in [3.05, 3.63) is 34.4 Å². The van der Waals surface area contributed by atoms with Gasteiger partial charge >= 0.3 is 6.03 Å². The summed E-state index contributed by atoms with van der Waals surface area (Å²) in [4.78, 5) is 34.8. The molecule has 4 aliphatic rings. The van der Waals surface area contributed by atoms with E-state index in [9.17, 15) is 19.7 Å². The lowest BCUT2D eigenvalue weighted by atomic mass is 9.48. The first kappa shape index (κ1) is 17.0. The number of nitrogens with one attached hydrogen (secondary N) is 2. The third-order valence-corrected chi connectivity index (χ3v) is 6.46. The number of carbonyl (C=O) groups is 2. The molecule has 4 aliphatic carbocycles. The van der Waals surface area contributed by atoms with Crippen LogP contribution in [0, 0.1) is 33.8 Å². The normalized spacial score (nSPS) is 34.3. The van der Waals surface area contributed by atoms with Crippen molar-refractivity contribution in [2.75, 3.05) is 5.32 Å². The second kappa shape index (κ2) is 6.07. The summed E-state index contributed by atoms with van der Waals surface area (Å²) in [6.45, 7) is 1.70. The van der Waals surface area contributed by atoms with Crippen molar-refractivity contribution in [3.63, 3.8) is 0 Å². The number of amides is 2. The van der Waals surface area contributed by atoms with Gasteiger partial charge in [-0.05, 0) is 68.9 Å². The number of hydrogen-bond donors (Lipinski definition) is 2. The summed E-state index contributed by atoms with van der Waals surface area (Å²) in [6, 6.07) is 5.53. The van der Waals surface area contributed by atoms with Gasteiger partial charge in [-0.2, -0.15) is 0 Å². The lowest BCUT2D eigenvalue weighted by molar-refractivity contribution is -0.384. The van der Waals surface area contributed by atoms with Gasteiger partial charge in [0, 0.05) is 29.3 Å². The molecule has 1 aromatic rings. The fourth-order valence-corrected chi connectivity index (χ4v) is 5.91. The molecule has 0 radical (unpaired) electrons. The molecule has 5 rings (SSSR count). The quantitative estimate of drug-likeness (QED) is 0.636. The molecule has 2 atom stereocenters. The second-order valence-electron chi connectivity index (χ2n) is 8.27. The molecule has 0 spiro atoms. The number of anilines is 1. The number of ketones is 1. The molecule has 7 nitrogen and oxygen atoms in total. The molecule has 26 heavy (non-hydrogen) atoms. The predicted octanol–water partition coefficient (Wildman–Crippen LogP) is 3.50. The molecular weight excluding hydrogens is 334 g/mol. The minimum atomic E-state index is -0.468. The van der Waals surface area contributed by atoms with E-state index in [1.54, 1.807) is 6.92 Å². The van der Waals surface area contributed by atoms with E-state index < -0.39 is 4.92 Å². The summed E-state index contributed by atoms with van der Waals surface area (Å²) in [7, 11) is 0. The van der Waals surface area contributed by atoms with Gasteiger partial charge in [-0.15, -0.1) is 0 Å². The van der Waals surface area contributed by atoms with E-state index >= 15 is 0 Å². The molecule has 2 amide bonds. The van der Waals surface area contributed by atoms with Crippen LogP contribution in [0.1, 0.15) is 39.0 Å². The van der Waals surface area contributed by atoms with Crippen molar-refractivity contribution in [2.24, 2.45) is 23.7 Å². The lowest BCUT2D eigenvalue weighted by Crippen LogP contribution is -2.63. The fraction of sp³-hybridized carbons (Fsp3) is 0.579. The monoisotopic (exact) mass is 357 g/mol. The number of carbonyl (C=O) groups excluding carboxylic acids is 2. The predicted molar refractivity (Wildman–Crippen MR) is 95.7 cm³/mol. The van der Waals surface area contributed by atoms with Gasteiger partial charge in [0.15, 0.2) is 0 Å². The van der Waals surface area contributed by atoms with Crippen LogP contribution in [0.2, 0.25) is 0 Å². The van der Waals surface area contributed by atoms with Crippen LogP contribution < -0.4 is 10.6 Å². The lowest BCUT2D eigenvalue weighted by Gasteiger charge is -2.59. The first-order valence-electron chi connectivity index (χ1n) is 9.19. The standard InChI is InChI=1S/C19H23N3O4/c1-11(23)17-13-6-12-7-14(17)10-19(8-12,9-13)21-18(24)20-15-2-4-16(5-3-15)22(25)26/h2-5,12-14,17H,6-10H2,1H3,(H2,20,21,24). The van der Waals surface area contributed by atoms with E-state index in [0.717, 1.165) is 32.1 Å². The van der Waals surface area contributed by atoms with Crippen molar-refractivity contribution >= 4 is 23.2 Å². The molecule has 138 valence electrons. The average molecular weight is 357 g/mol. The number of hydrogen-bond acceptors (Lipinski definition) is 4. The third kappa shape index (κ3) is 2.95. The molecule has 0 saturated heterocycles. The van der Waals surface area contributed by atoms with E-state index in [1.165, 1.54) is 24.3 Å². The number of rotatable bonds is 4. The Labute approximate surface area is 151 Å². The molecule has 0 heterocycles. The van der Waals surface area contributed by atoms with Crippen LogP contribution in [0.4, 0.5) is 16.2 Å². The molecule has 2 unspecified atom stereocenters. The first-order valence-corrected chi connectivity index (χ1v) is 9.19. The molecule has 7 heteroatoms. The Morgan fingerprint density at radius 2 is 1.73 bits per heavy atom. The van der Waals surface area contributed by atoms with Gasteiger partial charge in [0.25, 0.3) is 5.69 Å². The van der Waals surface area contributed by atoms with E-state index in [-0.39, 0.29) is 23.2 Å². The summed E-state index contributed by atoms with van der Waals surface area (Å²) in [6.07, 6.45) is 4.94. The van der Waals surface area contributed by atoms with Crippen LogP contribution in [0.25, 0.3) is 0 Å². The summed E-state index contributed by atoms with van der Waals surface area (Å²) < 4.78 is 0. The van der Waals surface area contributed by atoms with Gasteiger partial charge in [0.05, 0.1) is 4.92 Å². The number of nitro benzene ring substituents is 1. The van der Waals surface area contributed by atoms with Gasteiger partial charge < -0.3 is 10.6 Å². The highest BCUT2D eigenvalue weighted by Gasteiger charge is 2.56. The highest BCUT2D eigenvalue weighted by molar-refractivity contribution is 5.90. The summed E-state index contributed by atoms with van der Waals surface area (Å²) >= 11 is 0. The van der Waals surface area contributed by atoms with Crippen LogP contribution in [0.5, 0.6) is 0 Å². The maximum absolute atomic E-state index is 12.5. The number of Topliss-reactive ketones (excluding diaryl/α,β-unsaturated/α-hetero) is 1. The Balaban J connectivity index is 1.43. The third-order valence-electron chi connectivity index (χ3n) is 6.46. The Bertz CT molecular complexity index is 745. The number of benzene rings is 1. The topological polar surface area (TPSA) is 101 Å². The van der Waals surface area contributed by atoms with Crippen molar-refractivity contribution in [1.29, 1.82) is 0 Å². The SMILES string of the molecule is CC(=O)C1C2CC3CC1CC(NC(=O)Nc1ccc([N+](=O)[O-])cc1)(C3)C2. The van der Waals surface area contributed by atoms with Gasteiger partial charge in [0.2, 0.25) is 0 Å². The van der Waals surface area contributed by atoms with Crippen LogP contribution in [-0.4, -0.2) is 22.3 Å². The molecule has 0 aliphatic heterocycles. The number of urea groups is 1. The van der Waals surface area contributed by atoms with Gasteiger partial charge in [-0.1, -0.05) is 0 Å². The van der Waals surface area contributed by atoms with Crippen LogP contribution >= 0.6 is 0 Å². The zero-order chi connectivity index (χ0) is 18.5. The summed E-state index contributed by atoms with van der Waals surface area (Å²) in [5, 5.41) is 16.7. The van der Waals surface area contributed by atoms with Gasteiger partial charge in [-0.3, -0.25) is 14.9 Å². The second-order valence-corrected chi connectivity index (χ2v) is 8.27. The van der Waals surface area contributed by atoms with Crippen LogP contribution in [-0.2, 0) is 4.79 Å². The molecule has 4 saturated carbocycles. The van der Waals surface area contributed by atoms with Gasteiger partial charge in [0.1, 0.15) is 5.78 Å². The largest absolute Gasteiger partial charge is 0.332 e. The Kier molecular flexibility index (Phi) is 3.97. The number of nitro groups is 1. The summed E-state index contributed by atoms with van der Waals surface area (Å²) in [5.74, 6) is 1.84. The van der Waals surface area contributed by atoms with E-state index in [4.69, 9.17) is 0 Å². The first-order chi connectivity index (χ1) is 12.3. The van der Waals surface area contributed by atoms with E-state index in [0.29, 0.717) is 29.2 Å². The number of non-ortho nitro benzene ring substituents is 1. The average Bonchev–Trinajstić information content (AvgIpc) is 2.53. The molecular formula is C19H23N3O4. The Morgan fingerprint density at radius 3 is 2.27 bits per heavy atom. The maximum Gasteiger partial charge on any atom is 0.319 e. The van der Waals surface area contributed by atoms with E-state index in [2.05, 4.69) is 10.6 Å². The van der Waals surface area contributed by atoms with Crippen molar-refractivity contribution in [2.45, 2.75) is 44.6 Å².